The molecule has 1 aromatic heterocycles. The maximum atomic E-state index is 13.1. The predicted molar refractivity (Wildman–Crippen MR) is 98.4 cm³/mol. The van der Waals surface area contributed by atoms with Crippen molar-refractivity contribution in [2.45, 2.75) is 13.0 Å². The molecular weight excluding hydrogens is 332 g/mol. The summed E-state index contributed by atoms with van der Waals surface area (Å²) in [5.74, 6) is -0.884. The van der Waals surface area contributed by atoms with Crippen LogP contribution in [-0.4, -0.2) is 15.3 Å². The van der Waals surface area contributed by atoms with Crippen LogP contribution in [-0.2, 0) is 4.79 Å². The first kappa shape index (κ1) is 15.9. The van der Waals surface area contributed by atoms with E-state index in [9.17, 15) is 14.4 Å². The van der Waals surface area contributed by atoms with E-state index in [-0.39, 0.29) is 22.2 Å². The molecule has 1 atom stereocenters. The standard InChI is InChI=1S/C19H16N4O3/c1-10-5-4-6-11(9-10)15-14(17(21)24)16(20)23-19(26)13-8-3-2-7-12(13)18(25)22(15)23/h2-9,15H,20H2,1H3,(H2,21,24). The molecule has 0 saturated heterocycles. The van der Waals surface area contributed by atoms with Crippen molar-refractivity contribution in [2.24, 2.45) is 11.5 Å². The molecule has 0 bridgehead atoms. The Balaban J connectivity index is 2.18. The van der Waals surface area contributed by atoms with Gasteiger partial charge in [-0.25, -0.2) is 4.68 Å². The molecule has 2 aromatic carbocycles. The Labute approximate surface area is 147 Å². The van der Waals surface area contributed by atoms with Crippen LogP contribution in [0.4, 0.5) is 0 Å². The number of carbonyl (C=O) groups is 1. The molecule has 1 aliphatic rings. The summed E-state index contributed by atoms with van der Waals surface area (Å²) in [6.45, 7) is 1.89. The van der Waals surface area contributed by atoms with Gasteiger partial charge in [0.25, 0.3) is 17.0 Å². The van der Waals surface area contributed by atoms with Gasteiger partial charge < -0.3 is 11.5 Å². The molecule has 0 spiro atoms. The lowest BCUT2D eigenvalue weighted by atomic mass is 9.97. The van der Waals surface area contributed by atoms with Gasteiger partial charge >= 0.3 is 0 Å². The van der Waals surface area contributed by atoms with Crippen LogP contribution in [0.3, 0.4) is 0 Å². The molecule has 0 saturated carbocycles. The van der Waals surface area contributed by atoms with E-state index in [0.717, 1.165) is 10.2 Å². The molecule has 130 valence electrons. The van der Waals surface area contributed by atoms with Gasteiger partial charge in [0, 0.05) is 0 Å². The first-order valence-electron chi connectivity index (χ1n) is 8.04. The van der Waals surface area contributed by atoms with Crippen LogP contribution in [0.5, 0.6) is 0 Å². The number of hydrogen-bond acceptors (Lipinski definition) is 4. The van der Waals surface area contributed by atoms with Gasteiger partial charge in [-0.15, -0.1) is 0 Å². The Hall–Kier alpha value is -3.61. The quantitative estimate of drug-likeness (QED) is 0.709. The Morgan fingerprint density at radius 3 is 2.27 bits per heavy atom. The van der Waals surface area contributed by atoms with Gasteiger partial charge in [0.15, 0.2) is 0 Å². The molecular formula is C19H16N4O3. The first-order chi connectivity index (χ1) is 12.4. The van der Waals surface area contributed by atoms with Crippen molar-refractivity contribution >= 4 is 22.5 Å². The van der Waals surface area contributed by atoms with Gasteiger partial charge in [-0.05, 0) is 24.6 Å². The summed E-state index contributed by atoms with van der Waals surface area (Å²) >= 11 is 0. The molecule has 7 heteroatoms. The summed E-state index contributed by atoms with van der Waals surface area (Å²) in [5.41, 5.74) is 12.4. The lowest BCUT2D eigenvalue weighted by Crippen LogP contribution is -2.38. The monoisotopic (exact) mass is 348 g/mol. The zero-order valence-electron chi connectivity index (χ0n) is 14.0. The van der Waals surface area contributed by atoms with E-state index in [4.69, 9.17) is 11.5 Å². The van der Waals surface area contributed by atoms with E-state index in [1.165, 1.54) is 4.68 Å². The third kappa shape index (κ3) is 2.03. The molecule has 4 N–H and O–H groups in total. The van der Waals surface area contributed by atoms with Crippen molar-refractivity contribution in [1.29, 1.82) is 0 Å². The lowest BCUT2D eigenvalue weighted by Gasteiger charge is -2.18. The van der Waals surface area contributed by atoms with Crippen molar-refractivity contribution in [3.05, 3.63) is 85.9 Å². The third-order valence-corrected chi connectivity index (χ3v) is 4.65. The zero-order valence-corrected chi connectivity index (χ0v) is 14.0. The fourth-order valence-corrected chi connectivity index (χ4v) is 3.53. The van der Waals surface area contributed by atoms with Crippen LogP contribution in [0.25, 0.3) is 16.6 Å². The fourth-order valence-electron chi connectivity index (χ4n) is 3.53. The average Bonchev–Trinajstić information content (AvgIpc) is 2.93. The number of primary amides is 1. The number of hydrogen-bond donors (Lipinski definition) is 2. The highest BCUT2D eigenvalue weighted by Gasteiger charge is 2.37. The van der Waals surface area contributed by atoms with E-state index in [2.05, 4.69) is 0 Å². The summed E-state index contributed by atoms with van der Waals surface area (Å²) in [6.07, 6.45) is 0. The summed E-state index contributed by atoms with van der Waals surface area (Å²) in [6, 6.07) is 13.0. The van der Waals surface area contributed by atoms with E-state index in [1.807, 2.05) is 25.1 Å². The second-order valence-electron chi connectivity index (χ2n) is 6.29. The average molecular weight is 348 g/mol. The van der Waals surface area contributed by atoms with Gasteiger partial charge in [-0.3, -0.25) is 14.4 Å². The molecule has 3 aromatic rings. The second kappa shape index (κ2) is 5.45. The van der Waals surface area contributed by atoms with E-state index >= 15 is 0 Å². The molecule has 1 amide bonds. The van der Waals surface area contributed by atoms with Crippen molar-refractivity contribution in [2.75, 3.05) is 0 Å². The van der Waals surface area contributed by atoms with Crippen LogP contribution in [0, 0.1) is 6.92 Å². The highest BCUT2D eigenvalue weighted by atomic mass is 16.2. The van der Waals surface area contributed by atoms with Gasteiger partial charge in [-0.1, -0.05) is 42.0 Å². The van der Waals surface area contributed by atoms with Gasteiger partial charge in [0.05, 0.1) is 16.3 Å². The summed E-state index contributed by atoms with van der Waals surface area (Å²) < 4.78 is 2.27. The Bertz CT molecular complexity index is 1230. The number of rotatable bonds is 2. The maximum Gasteiger partial charge on any atom is 0.279 e. The Morgan fingerprint density at radius 2 is 1.65 bits per heavy atom. The number of amides is 1. The molecule has 1 unspecified atom stereocenters. The minimum absolute atomic E-state index is 0.0325. The Morgan fingerprint density at radius 1 is 1.00 bits per heavy atom. The van der Waals surface area contributed by atoms with Crippen molar-refractivity contribution in [3.8, 4) is 0 Å². The van der Waals surface area contributed by atoms with Crippen LogP contribution >= 0.6 is 0 Å². The molecule has 7 nitrogen and oxygen atoms in total. The largest absolute Gasteiger partial charge is 0.383 e. The number of benzene rings is 2. The third-order valence-electron chi connectivity index (χ3n) is 4.65. The number of carbonyl (C=O) groups excluding carboxylic acids is 1. The molecule has 26 heavy (non-hydrogen) atoms. The number of nitrogens with zero attached hydrogens (tertiary/aromatic N) is 2. The molecule has 4 rings (SSSR count). The van der Waals surface area contributed by atoms with Crippen LogP contribution in [0.15, 0.2) is 63.7 Å². The van der Waals surface area contributed by atoms with Gasteiger partial charge in [-0.2, -0.15) is 4.68 Å². The highest BCUT2D eigenvalue weighted by Crippen LogP contribution is 2.32. The maximum absolute atomic E-state index is 13.1. The fraction of sp³-hybridized carbons (Fsp3) is 0.105. The molecule has 2 heterocycles. The summed E-state index contributed by atoms with van der Waals surface area (Å²) in [4.78, 5) is 38.2. The van der Waals surface area contributed by atoms with Crippen molar-refractivity contribution < 1.29 is 4.79 Å². The number of aromatic nitrogens is 2. The SMILES string of the molecule is Cc1cccc(C2C(C(N)=O)=C(N)n3c(=O)c4ccccc4c(=O)n32)c1. The smallest absolute Gasteiger partial charge is 0.279 e. The number of fused-ring (bicyclic) bond motifs is 2. The predicted octanol–water partition coefficient (Wildman–Crippen LogP) is 0.687. The van der Waals surface area contributed by atoms with Gasteiger partial charge in [0.2, 0.25) is 0 Å². The summed E-state index contributed by atoms with van der Waals surface area (Å²) in [7, 11) is 0. The van der Waals surface area contributed by atoms with Crippen LogP contribution in [0.1, 0.15) is 17.2 Å². The topological polar surface area (TPSA) is 113 Å². The molecule has 0 aliphatic carbocycles. The molecule has 0 radical (unpaired) electrons. The zero-order chi connectivity index (χ0) is 18.6. The normalized spacial score (nSPS) is 16.1. The van der Waals surface area contributed by atoms with Gasteiger partial charge in [0.1, 0.15) is 11.9 Å². The minimum Gasteiger partial charge on any atom is -0.383 e. The lowest BCUT2D eigenvalue weighted by molar-refractivity contribution is -0.114. The molecule has 1 aliphatic heterocycles. The number of nitrogens with two attached hydrogens (primary N) is 2. The van der Waals surface area contributed by atoms with E-state index < -0.39 is 23.1 Å². The Kier molecular flexibility index (Phi) is 3.33. The minimum atomic E-state index is -0.850. The highest BCUT2D eigenvalue weighted by molar-refractivity contribution is 5.99. The second-order valence-corrected chi connectivity index (χ2v) is 6.29. The molecule has 0 fully saturated rings. The van der Waals surface area contributed by atoms with Crippen molar-refractivity contribution in [1.82, 2.24) is 9.36 Å². The van der Waals surface area contributed by atoms with Crippen LogP contribution < -0.4 is 22.6 Å². The number of aryl methyl sites for hydroxylation is 1. The van der Waals surface area contributed by atoms with E-state index in [0.29, 0.717) is 5.56 Å². The van der Waals surface area contributed by atoms with Crippen molar-refractivity contribution in [3.63, 3.8) is 0 Å². The summed E-state index contributed by atoms with van der Waals surface area (Å²) in [5, 5.41) is 0.510. The van der Waals surface area contributed by atoms with E-state index in [1.54, 1.807) is 30.3 Å². The van der Waals surface area contributed by atoms with Crippen LogP contribution in [0.2, 0.25) is 0 Å². The first-order valence-corrected chi connectivity index (χ1v) is 8.04.